The standard InChI is InChI=1S/C18H19N3O5/c22-10-12(9-16(23)24)19-17(25)15-6-3-7-21(15)18(26)14-8-11-4-1-2-5-13(11)20-14/h1-2,4-5,8,10,12,15,20H,3,6-7,9H2,(H,19,25)(H,23,24)/t12?,15-/m0/s1. The van der Waals surface area contributed by atoms with Crippen LogP contribution in [0.4, 0.5) is 0 Å². The van der Waals surface area contributed by atoms with Crippen molar-refractivity contribution in [1.29, 1.82) is 0 Å². The fourth-order valence-corrected chi connectivity index (χ4v) is 3.23. The minimum atomic E-state index is -1.18. The van der Waals surface area contributed by atoms with Crippen molar-refractivity contribution >= 4 is 35.0 Å². The first-order valence-corrected chi connectivity index (χ1v) is 8.36. The number of benzene rings is 1. The highest BCUT2D eigenvalue weighted by Gasteiger charge is 2.36. The molecule has 1 unspecified atom stereocenters. The molecule has 136 valence electrons. The third-order valence-corrected chi connectivity index (χ3v) is 4.46. The van der Waals surface area contributed by atoms with Gasteiger partial charge >= 0.3 is 5.97 Å². The Morgan fingerprint density at radius 2 is 2.12 bits per heavy atom. The van der Waals surface area contributed by atoms with Crippen molar-refractivity contribution in [3.05, 3.63) is 36.0 Å². The lowest BCUT2D eigenvalue weighted by Crippen LogP contribution is -2.49. The van der Waals surface area contributed by atoms with E-state index in [2.05, 4.69) is 10.3 Å². The number of nitrogens with zero attached hydrogens (tertiary/aromatic N) is 1. The average Bonchev–Trinajstić information content (AvgIpc) is 3.26. The number of carboxylic acid groups (broad SMARTS) is 1. The fraction of sp³-hybridized carbons (Fsp3) is 0.333. The molecule has 0 aliphatic carbocycles. The Morgan fingerprint density at radius 3 is 2.81 bits per heavy atom. The van der Waals surface area contributed by atoms with E-state index >= 15 is 0 Å². The molecule has 3 rings (SSSR count). The first-order chi connectivity index (χ1) is 12.5. The van der Waals surface area contributed by atoms with Crippen molar-refractivity contribution in [3.63, 3.8) is 0 Å². The average molecular weight is 357 g/mol. The molecular weight excluding hydrogens is 338 g/mol. The Morgan fingerprint density at radius 1 is 1.35 bits per heavy atom. The van der Waals surface area contributed by atoms with Gasteiger partial charge in [-0.3, -0.25) is 14.4 Å². The number of para-hydroxylation sites is 1. The summed E-state index contributed by atoms with van der Waals surface area (Å²) in [5.41, 5.74) is 1.22. The van der Waals surface area contributed by atoms with Crippen LogP contribution in [0.1, 0.15) is 29.8 Å². The number of aromatic nitrogens is 1. The van der Waals surface area contributed by atoms with Crippen LogP contribution in [0.5, 0.6) is 0 Å². The third kappa shape index (κ3) is 3.58. The molecule has 1 fully saturated rings. The van der Waals surface area contributed by atoms with Gasteiger partial charge in [0.25, 0.3) is 5.91 Å². The molecule has 1 aliphatic heterocycles. The Balaban J connectivity index is 1.74. The molecule has 8 nitrogen and oxygen atoms in total. The summed E-state index contributed by atoms with van der Waals surface area (Å²) in [6, 6.07) is 7.40. The molecule has 0 radical (unpaired) electrons. The zero-order valence-corrected chi connectivity index (χ0v) is 14.0. The number of carbonyl (C=O) groups is 4. The zero-order chi connectivity index (χ0) is 18.7. The SMILES string of the molecule is O=CC(CC(=O)O)NC(=O)[C@@H]1CCCN1C(=O)c1cc2ccccc2[nH]1. The van der Waals surface area contributed by atoms with Gasteiger partial charge < -0.3 is 25.1 Å². The number of hydrogen-bond donors (Lipinski definition) is 3. The molecule has 3 N–H and O–H groups in total. The number of aldehydes is 1. The molecule has 1 aromatic heterocycles. The van der Waals surface area contributed by atoms with E-state index in [-0.39, 0.29) is 5.91 Å². The van der Waals surface area contributed by atoms with Crippen LogP contribution in [-0.4, -0.2) is 57.7 Å². The first-order valence-electron chi connectivity index (χ1n) is 8.36. The number of rotatable bonds is 6. The van der Waals surface area contributed by atoms with Crippen LogP contribution in [0.15, 0.2) is 30.3 Å². The van der Waals surface area contributed by atoms with Crippen LogP contribution >= 0.6 is 0 Å². The van der Waals surface area contributed by atoms with E-state index in [0.717, 1.165) is 10.9 Å². The number of fused-ring (bicyclic) bond motifs is 1. The second-order valence-corrected chi connectivity index (χ2v) is 6.28. The number of carbonyl (C=O) groups excluding carboxylic acids is 3. The lowest BCUT2D eigenvalue weighted by molar-refractivity contribution is -0.139. The van der Waals surface area contributed by atoms with Crippen LogP contribution in [0.25, 0.3) is 10.9 Å². The summed E-state index contributed by atoms with van der Waals surface area (Å²) >= 11 is 0. The van der Waals surface area contributed by atoms with E-state index in [9.17, 15) is 19.2 Å². The Hall–Kier alpha value is -3.16. The molecule has 2 aromatic rings. The highest BCUT2D eigenvalue weighted by atomic mass is 16.4. The van der Waals surface area contributed by atoms with Gasteiger partial charge in [0.2, 0.25) is 5.91 Å². The predicted molar refractivity (Wildman–Crippen MR) is 92.6 cm³/mol. The molecule has 26 heavy (non-hydrogen) atoms. The first kappa shape index (κ1) is 17.7. The van der Waals surface area contributed by atoms with E-state index in [4.69, 9.17) is 5.11 Å². The minimum absolute atomic E-state index is 0.292. The van der Waals surface area contributed by atoms with Gasteiger partial charge in [-0.2, -0.15) is 0 Å². The molecule has 0 bridgehead atoms. The van der Waals surface area contributed by atoms with Crippen LogP contribution in [0, 0.1) is 0 Å². The molecule has 2 heterocycles. The summed E-state index contributed by atoms with van der Waals surface area (Å²) in [4.78, 5) is 51.5. The number of amides is 2. The number of H-pyrrole nitrogens is 1. The fourth-order valence-electron chi connectivity index (χ4n) is 3.23. The van der Waals surface area contributed by atoms with E-state index < -0.39 is 30.4 Å². The number of carboxylic acids is 1. The van der Waals surface area contributed by atoms with Gasteiger partial charge in [0.1, 0.15) is 18.0 Å². The summed E-state index contributed by atoms with van der Waals surface area (Å²) in [6.45, 7) is 0.428. The highest BCUT2D eigenvalue weighted by Crippen LogP contribution is 2.22. The van der Waals surface area contributed by atoms with Crippen molar-refractivity contribution in [1.82, 2.24) is 15.2 Å². The van der Waals surface area contributed by atoms with E-state index in [0.29, 0.717) is 31.4 Å². The smallest absolute Gasteiger partial charge is 0.305 e. The molecule has 0 saturated carbocycles. The second kappa shape index (κ2) is 7.38. The van der Waals surface area contributed by atoms with Gasteiger partial charge in [-0.1, -0.05) is 18.2 Å². The molecule has 2 atom stereocenters. The van der Waals surface area contributed by atoms with Gasteiger partial charge in [0.05, 0.1) is 12.5 Å². The number of aliphatic carboxylic acids is 1. The molecule has 1 saturated heterocycles. The summed E-state index contributed by atoms with van der Waals surface area (Å²) in [7, 11) is 0. The van der Waals surface area contributed by atoms with Crippen molar-refractivity contribution < 1.29 is 24.3 Å². The Kier molecular flexibility index (Phi) is 5.01. The lowest BCUT2D eigenvalue weighted by Gasteiger charge is -2.24. The maximum atomic E-state index is 12.8. The maximum absolute atomic E-state index is 12.8. The minimum Gasteiger partial charge on any atom is -0.481 e. The molecule has 1 aliphatic rings. The summed E-state index contributed by atoms with van der Waals surface area (Å²) in [5, 5.41) is 12.1. The van der Waals surface area contributed by atoms with Crippen LogP contribution in [0.2, 0.25) is 0 Å². The van der Waals surface area contributed by atoms with E-state index in [1.807, 2.05) is 24.3 Å². The number of aromatic amines is 1. The van der Waals surface area contributed by atoms with Crippen molar-refractivity contribution in [2.75, 3.05) is 6.54 Å². The predicted octanol–water partition coefficient (Wildman–Crippen LogP) is 0.931. The zero-order valence-electron chi connectivity index (χ0n) is 14.0. The quantitative estimate of drug-likeness (QED) is 0.665. The lowest BCUT2D eigenvalue weighted by atomic mass is 10.1. The number of hydrogen-bond acceptors (Lipinski definition) is 4. The van der Waals surface area contributed by atoms with Crippen LogP contribution < -0.4 is 5.32 Å². The maximum Gasteiger partial charge on any atom is 0.305 e. The van der Waals surface area contributed by atoms with E-state index in [1.165, 1.54) is 4.90 Å². The summed E-state index contributed by atoms with van der Waals surface area (Å²) in [6.07, 6.45) is 1.04. The highest BCUT2D eigenvalue weighted by molar-refractivity contribution is 6.00. The number of likely N-dealkylation sites (tertiary alicyclic amines) is 1. The summed E-state index contributed by atoms with van der Waals surface area (Å²) in [5.74, 6) is -1.98. The normalized spacial score (nSPS) is 17.8. The summed E-state index contributed by atoms with van der Waals surface area (Å²) < 4.78 is 0. The van der Waals surface area contributed by atoms with Crippen molar-refractivity contribution in [2.45, 2.75) is 31.3 Å². The van der Waals surface area contributed by atoms with Crippen LogP contribution in [-0.2, 0) is 14.4 Å². The molecule has 1 aromatic carbocycles. The molecule has 2 amide bonds. The monoisotopic (exact) mass is 357 g/mol. The Bertz CT molecular complexity index is 826. The third-order valence-electron chi connectivity index (χ3n) is 4.46. The van der Waals surface area contributed by atoms with Gasteiger partial charge in [-0.25, -0.2) is 0 Å². The Labute approximate surface area is 149 Å². The van der Waals surface area contributed by atoms with Gasteiger partial charge in [-0.05, 0) is 25.0 Å². The van der Waals surface area contributed by atoms with Crippen molar-refractivity contribution in [3.8, 4) is 0 Å². The van der Waals surface area contributed by atoms with Gasteiger partial charge in [0, 0.05) is 17.4 Å². The number of nitrogens with one attached hydrogen (secondary N) is 2. The topological polar surface area (TPSA) is 120 Å². The molecule has 8 heteroatoms. The second-order valence-electron chi connectivity index (χ2n) is 6.28. The van der Waals surface area contributed by atoms with Gasteiger partial charge in [0.15, 0.2) is 0 Å². The van der Waals surface area contributed by atoms with Crippen LogP contribution in [0.3, 0.4) is 0 Å². The van der Waals surface area contributed by atoms with Gasteiger partial charge in [-0.15, -0.1) is 0 Å². The van der Waals surface area contributed by atoms with Crippen molar-refractivity contribution in [2.24, 2.45) is 0 Å². The molecule has 0 spiro atoms. The van der Waals surface area contributed by atoms with E-state index in [1.54, 1.807) is 6.07 Å². The molecular formula is C18H19N3O5. The largest absolute Gasteiger partial charge is 0.481 e.